The minimum absolute atomic E-state index is 0.623. The molecule has 14 heavy (non-hydrogen) atoms. The van der Waals surface area contributed by atoms with Crippen LogP contribution in [0.2, 0.25) is 0 Å². The standard InChI is InChI=1S/C12H26O2/c1-5-9-10-12(14,8-4)11(13,6-2)7-3/h13-14H,5-10H2,1-4H3. The Hall–Kier alpha value is -0.0800. The highest BCUT2D eigenvalue weighted by Gasteiger charge is 2.44. The molecule has 0 fully saturated rings. The highest BCUT2D eigenvalue weighted by Crippen LogP contribution is 2.35. The molecule has 1 atom stereocenters. The third-order valence-corrected chi connectivity index (χ3v) is 3.56. The summed E-state index contributed by atoms with van der Waals surface area (Å²) in [5, 5.41) is 20.7. The smallest absolute Gasteiger partial charge is 0.0930 e. The van der Waals surface area contributed by atoms with Crippen molar-refractivity contribution < 1.29 is 10.2 Å². The van der Waals surface area contributed by atoms with Gasteiger partial charge in [0.05, 0.1) is 11.2 Å². The van der Waals surface area contributed by atoms with Gasteiger partial charge in [-0.25, -0.2) is 0 Å². The van der Waals surface area contributed by atoms with Crippen LogP contribution in [0.1, 0.15) is 66.2 Å². The van der Waals surface area contributed by atoms with Crippen molar-refractivity contribution in [3.63, 3.8) is 0 Å². The SMILES string of the molecule is CCCCC(O)(CC)C(O)(CC)CC. The average Bonchev–Trinajstić information content (AvgIpc) is 2.24. The van der Waals surface area contributed by atoms with Crippen molar-refractivity contribution in [3.05, 3.63) is 0 Å². The Morgan fingerprint density at radius 2 is 1.21 bits per heavy atom. The molecule has 2 nitrogen and oxygen atoms in total. The summed E-state index contributed by atoms with van der Waals surface area (Å²) in [4.78, 5) is 0. The zero-order valence-electron chi connectivity index (χ0n) is 10.1. The normalized spacial score (nSPS) is 16.7. The Morgan fingerprint density at radius 1 is 0.786 bits per heavy atom. The van der Waals surface area contributed by atoms with E-state index in [1.807, 2.05) is 20.8 Å². The molecule has 86 valence electrons. The second-order valence-corrected chi connectivity index (χ2v) is 4.23. The maximum Gasteiger partial charge on any atom is 0.0930 e. The molecule has 2 heteroatoms. The molecule has 0 aromatic heterocycles. The zero-order chi connectivity index (χ0) is 11.2. The molecule has 0 aliphatic heterocycles. The van der Waals surface area contributed by atoms with Gasteiger partial charge in [0, 0.05) is 0 Å². The van der Waals surface area contributed by atoms with Crippen molar-refractivity contribution in [1.29, 1.82) is 0 Å². The second kappa shape index (κ2) is 5.72. The fourth-order valence-corrected chi connectivity index (χ4v) is 2.12. The second-order valence-electron chi connectivity index (χ2n) is 4.23. The summed E-state index contributed by atoms with van der Waals surface area (Å²) in [7, 11) is 0. The summed E-state index contributed by atoms with van der Waals surface area (Å²) in [5.41, 5.74) is -1.80. The average molecular weight is 202 g/mol. The predicted molar refractivity (Wildman–Crippen MR) is 60.3 cm³/mol. The lowest BCUT2D eigenvalue weighted by Crippen LogP contribution is -2.53. The summed E-state index contributed by atoms with van der Waals surface area (Å²) in [6.45, 7) is 7.94. The van der Waals surface area contributed by atoms with Gasteiger partial charge < -0.3 is 10.2 Å². The molecule has 0 heterocycles. The molecular weight excluding hydrogens is 176 g/mol. The van der Waals surface area contributed by atoms with E-state index in [2.05, 4.69) is 6.92 Å². The van der Waals surface area contributed by atoms with Crippen molar-refractivity contribution in [2.75, 3.05) is 0 Å². The lowest BCUT2D eigenvalue weighted by atomic mass is 9.74. The molecule has 1 unspecified atom stereocenters. The summed E-state index contributed by atoms with van der Waals surface area (Å²) in [6, 6.07) is 0. The van der Waals surface area contributed by atoms with Crippen LogP contribution < -0.4 is 0 Å². The first-order valence-electron chi connectivity index (χ1n) is 5.94. The van der Waals surface area contributed by atoms with Gasteiger partial charge in [-0.1, -0.05) is 40.5 Å². The van der Waals surface area contributed by atoms with E-state index >= 15 is 0 Å². The number of hydrogen-bond donors (Lipinski definition) is 2. The van der Waals surface area contributed by atoms with Gasteiger partial charge >= 0.3 is 0 Å². The van der Waals surface area contributed by atoms with Crippen LogP contribution in [0.5, 0.6) is 0 Å². The van der Waals surface area contributed by atoms with Gasteiger partial charge in [0.25, 0.3) is 0 Å². The molecule has 0 bridgehead atoms. The highest BCUT2D eigenvalue weighted by molar-refractivity contribution is 4.97. The Balaban J connectivity index is 4.62. The number of hydrogen-bond acceptors (Lipinski definition) is 2. The molecule has 0 aromatic rings. The van der Waals surface area contributed by atoms with Crippen molar-refractivity contribution >= 4 is 0 Å². The molecule has 0 rings (SSSR count). The topological polar surface area (TPSA) is 40.5 Å². The van der Waals surface area contributed by atoms with Gasteiger partial charge in [-0.05, 0) is 25.7 Å². The van der Waals surface area contributed by atoms with Gasteiger partial charge in [-0.3, -0.25) is 0 Å². The molecule has 0 spiro atoms. The van der Waals surface area contributed by atoms with Gasteiger partial charge in [-0.15, -0.1) is 0 Å². The Morgan fingerprint density at radius 3 is 1.50 bits per heavy atom. The summed E-state index contributed by atoms with van der Waals surface area (Å²) in [6.07, 6.45) is 4.62. The van der Waals surface area contributed by atoms with Crippen molar-refractivity contribution in [3.8, 4) is 0 Å². The Kier molecular flexibility index (Phi) is 5.68. The van der Waals surface area contributed by atoms with E-state index in [9.17, 15) is 10.2 Å². The molecule has 0 saturated heterocycles. The molecule has 0 saturated carbocycles. The highest BCUT2D eigenvalue weighted by atomic mass is 16.4. The van der Waals surface area contributed by atoms with Crippen LogP contribution in [0, 0.1) is 0 Å². The molecule has 2 N–H and O–H groups in total. The fraction of sp³-hybridized carbons (Fsp3) is 1.00. The minimum Gasteiger partial charge on any atom is -0.387 e. The maximum atomic E-state index is 10.4. The van der Waals surface area contributed by atoms with Crippen molar-refractivity contribution in [2.24, 2.45) is 0 Å². The Labute approximate surface area is 88.3 Å². The van der Waals surface area contributed by atoms with Gasteiger partial charge in [0.1, 0.15) is 0 Å². The van der Waals surface area contributed by atoms with Gasteiger partial charge in [-0.2, -0.15) is 0 Å². The van der Waals surface area contributed by atoms with Crippen LogP contribution in [-0.4, -0.2) is 21.4 Å². The first kappa shape index (κ1) is 13.9. The molecule has 0 radical (unpaired) electrons. The summed E-state index contributed by atoms with van der Waals surface area (Å²) >= 11 is 0. The maximum absolute atomic E-state index is 10.4. The lowest BCUT2D eigenvalue weighted by molar-refractivity contribution is -0.162. The first-order valence-corrected chi connectivity index (χ1v) is 5.94. The van der Waals surface area contributed by atoms with Crippen LogP contribution in [0.3, 0.4) is 0 Å². The van der Waals surface area contributed by atoms with Crippen LogP contribution in [-0.2, 0) is 0 Å². The number of rotatable bonds is 7. The van der Waals surface area contributed by atoms with E-state index in [1.165, 1.54) is 0 Å². The third kappa shape index (κ3) is 2.71. The van der Waals surface area contributed by atoms with E-state index < -0.39 is 11.2 Å². The number of unbranched alkanes of at least 4 members (excludes halogenated alkanes) is 1. The molecule has 0 aliphatic carbocycles. The zero-order valence-corrected chi connectivity index (χ0v) is 10.1. The van der Waals surface area contributed by atoms with Crippen LogP contribution in [0.4, 0.5) is 0 Å². The van der Waals surface area contributed by atoms with E-state index in [0.29, 0.717) is 25.7 Å². The van der Waals surface area contributed by atoms with Crippen LogP contribution in [0.25, 0.3) is 0 Å². The Bertz CT molecular complexity index is 152. The van der Waals surface area contributed by atoms with E-state index in [0.717, 1.165) is 12.8 Å². The van der Waals surface area contributed by atoms with Crippen molar-refractivity contribution in [1.82, 2.24) is 0 Å². The van der Waals surface area contributed by atoms with E-state index in [4.69, 9.17) is 0 Å². The quantitative estimate of drug-likeness (QED) is 0.666. The summed E-state index contributed by atoms with van der Waals surface area (Å²) in [5.74, 6) is 0. The predicted octanol–water partition coefficient (Wildman–Crippen LogP) is 2.87. The fourth-order valence-electron chi connectivity index (χ4n) is 2.12. The molecule has 0 aromatic carbocycles. The number of aliphatic hydroxyl groups is 2. The van der Waals surface area contributed by atoms with Gasteiger partial charge in [0.15, 0.2) is 0 Å². The van der Waals surface area contributed by atoms with E-state index in [1.54, 1.807) is 0 Å². The van der Waals surface area contributed by atoms with Crippen molar-refractivity contribution in [2.45, 2.75) is 77.4 Å². The van der Waals surface area contributed by atoms with Crippen LogP contribution >= 0.6 is 0 Å². The molecule has 0 aliphatic rings. The van der Waals surface area contributed by atoms with Crippen LogP contribution in [0.15, 0.2) is 0 Å². The lowest BCUT2D eigenvalue weighted by Gasteiger charge is -2.42. The minimum atomic E-state index is -0.906. The molecule has 0 amide bonds. The third-order valence-electron chi connectivity index (χ3n) is 3.56. The first-order chi connectivity index (χ1) is 6.49. The van der Waals surface area contributed by atoms with Gasteiger partial charge in [0.2, 0.25) is 0 Å². The van der Waals surface area contributed by atoms with E-state index in [-0.39, 0.29) is 0 Å². The molecular formula is C12H26O2. The monoisotopic (exact) mass is 202 g/mol. The summed E-state index contributed by atoms with van der Waals surface area (Å²) < 4.78 is 0. The largest absolute Gasteiger partial charge is 0.387 e.